The van der Waals surface area contributed by atoms with E-state index in [1.165, 1.54) is 5.56 Å². The molecule has 0 fully saturated rings. The number of allylic oxidation sites excluding steroid dienone is 1. The lowest BCUT2D eigenvalue weighted by Gasteiger charge is -2.35. The zero-order chi connectivity index (χ0) is 25.4. The van der Waals surface area contributed by atoms with Crippen LogP contribution < -0.4 is 5.32 Å². The van der Waals surface area contributed by atoms with Gasteiger partial charge < -0.3 is 9.84 Å². The summed E-state index contributed by atoms with van der Waals surface area (Å²) in [6.45, 7) is 8.56. The summed E-state index contributed by atoms with van der Waals surface area (Å²) in [6, 6.07) is 21.0. The molecule has 0 radical (unpaired) electrons. The van der Waals surface area contributed by atoms with Crippen LogP contribution in [0.15, 0.2) is 77.0 Å². The van der Waals surface area contributed by atoms with Crippen LogP contribution in [0, 0.1) is 20.8 Å². The van der Waals surface area contributed by atoms with Crippen molar-refractivity contribution in [2.24, 2.45) is 0 Å². The molecule has 7 heteroatoms. The first-order chi connectivity index (χ1) is 17.3. The van der Waals surface area contributed by atoms with E-state index < -0.39 is 6.04 Å². The van der Waals surface area contributed by atoms with Crippen LogP contribution in [0.3, 0.4) is 0 Å². The molecule has 0 spiro atoms. The number of rotatable bonds is 5. The van der Waals surface area contributed by atoms with E-state index in [4.69, 9.17) is 21.1 Å². The number of urea groups is 1. The van der Waals surface area contributed by atoms with Crippen molar-refractivity contribution in [1.82, 2.24) is 20.4 Å². The summed E-state index contributed by atoms with van der Waals surface area (Å²) in [6.07, 6.45) is 0. The maximum atomic E-state index is 13.4. The molecule has 5 rings (SSSR count). The van der Waals surface area contributed by atoms with Gasteiger partial charge in [0.15, 0.2) is 0 Å². The molecular weight excluding hydrogens is 472 g/mol. The SMILES string of the molecule is CC1=C(c2nc(-c3ccc(Cl)cc3)no2)C(c2ccc(C)c(C)c2)NC(=O)N1Cc1ccccc1C. The number of hydrogen-bond acceptors (Lipinski definition) is 4. The molecule has 1 aromatic heterocycles. The average Bonchev–Trinajstić information content (AvgIpc) is 3.34. The fourth-order valence-electron chi connectivity index (χ4n) is 4.45. The number of carbonyl (C=O) groups is 1. The van der Waals surface area contributed by atoms with Gasteiger partial charge in [-0.15, -0.1) is 0 Å². The Balaban J connectivity index is 1.62. The largest absolute Gasteiger partial charge is 0.334 e. The molecular formula is C29H27ClN4O2. The Morgan fingerprint density at radius 2 is 1.69 bits per heavy atom. The summed E-state index contributed by atoms with van der Waals surface area (Å²) in [5.74, 6) is 0.832. The number of carbonyl (C=O) groups excluding carboxylic acids is 1. The van der Waals surface area contributed by atoms with Crippen molar-refractivity contribution in [2.45, 2.75) is 40.3 Å². The molecule has 2 heterocycles. The van der Waals surface area contributed by atoms with Crippen LogP contribution in [0.25, 0.3) is 17.0 Å². The second-order valence-electron chi connectivity index (χ2n) is 9.17. The Labute approximate surface area is 215 Å². The van der Waals surface area contributed by atoms with Gasteiger partial charge in [-0.25, -0.2) is 4.79 Å². The molecule has 3 aromatic carbocycles. The molecule has 0 bridgehead atoms. The normalized spacial score (nSPS) is 15.9. The Hall–Kier alpha value is -3.90. The minimum Gasteiger partial charge on any atom is -0.334 e. The van der Waals surface area contributed by atoms with Crippen molar-refractivity contribution in [3.63, 3.8) is 0 Å². The summed E-state index contributed by atoms with van der Waals surface area (Å²) in [5, 5.41) is 8.06. The smallest absolute Gasteiger partial charge is 0.322 e. The van der Waals surface area contributed by atoms with Gasteiger partial charge in [-0.2, -0.15) is 4.98 Å². The minimum absolute atomic E-state index is 0.167. The van der Waals surface area contributed by atoms with Gasteiger partial charge in [0.2, 0.25) is 5.82 Å². The van der Waals surface area contributed by atoms with Gasteiger partial charge in [-0.1, -0.05) is 59.2 Å². The standard InChI is InChI=1S/C29H27ClN4O2/c1-17-9-10-22(15-19(17)3)26-25(28-32-27(33-36-28)21-11-13-24(30)14-12-21)20(4)34(29(35)31-26)16-23-8-6-5-7-18(23)2/h5-15,26H,16H2,1-4H3,(H,31,35). The maximum absolute atomic E-state index is 13.4. The molecule has 4 aromatic rings. The highest BCUT2D eigenvalue weighted by Crippen LogP contribution is 2.38. The highest BCUT2D eigenvalue weighted by atomic mass is 35.5. The number of nitrogens with one attached hydrogen (secondary N) is 1. The molecule has 36 heavy (non-hydrogen) atoms. The molecule has 0 saturated carbocycles. The van der Waals surface area contributed by atoms with Crippen LogP contribution in [0.4, 0.5) is 4.79 Å². The van der Waals surface area contributed by atoms with Crippen molar-refractivity contribution < 1.29 is 9.32 Å². The lowest BCUT2D eigenvalue weighted by molar-refractivity contribution is 0.203. The van der Waals surface area contributed by atoms with E-state index in [0.29, 0.717) is 23.3 Å². The third-order valence-electron chi connectivity index (χ3n) is 6.81. The van der Waals surface area contributed by atoms with Gasteiger partial charge in [-0.3, -0.25) is 4.90 Å². The predicted molar refractivity (Wildman–Crippen MR) is 141 cm³/mol. The van der Waals surface area contributed by atoms with Crippen molar-refractivity contribution in [3.8, 4) is 11.4 Å². The second-order valence-corrected chi connectivity index (χ2v) is 9.60. The lowest BCUT2D eigenvalue weighted by atomic mass is 9.92. The van der Waals surface area contributed by atoms with Gasteiger partial charge in [0.25, 0.3) is 5.89 Å². The van der Waals surface area contributed by atoms with Crippen molar-refractivity contribution in [2.75, 3.05) is 0 Å². The third kappa shape index (κ3) is 4.52. The zero-order valence-electron chi connectivity index (χ0n) is 20.7. The lowest BCUT2D eigenvalue weighted by Crippen LogP contribution is -2.45. The van der Waals surface area contributed by atoms with E-state index in [0.717, 1.165) is 39.1 Å². The maximum Gasteiger partial charge on any atom is 0.322 e. The molecule has 1 atom stereocenters. The molecule has 6 nitrogen and oxygen atoms in total. The van der Waals surface area contributed by atoms with Crippen LogP contribution in [-0.2, 0) is 6.54 Å². The number of halogens is 1. The van der Waals surface area contributed by atoms with E-state index in [9.17, 15) is 4.79 Å². The van der Waals surface area contributed by atoms with Crippen molar-refractivity contribution >= 4 is 23.2 Å². The molecule has 1 unspecified atom stereocenters. The first-order valence-electron chi connectivity index (χ1n) is 11.8. The Morgan fingerprint density at radius 1 is 0.944 bits per heavy atom. The van der Waals surface area contributed by atoms with Crippen LogP contribution in [0.1, 0.15) is 46.7 Å². The second kappa shape index (κ2) is 9.63. The molecule has 1 aliphatic rings. The topological polar surface area (TPSA) is 71.3 Å². The third-order valence-corrected chi connectivity index (χ3v) is 7.06. The molecule has 2 amide bonds. The van der Waals surface area contributed by atoms with Gasteiger partial charge in [0.05, 0.1) is 18.2 Å². The molecule has 182 valence electrons. The predicted octanol–water partition coefficient (Wildman–Crippen LogP) is 7.01. The van der Waals surface area contributed by atoms with Crippen LogP contribution in [-0.4, -0.2) is 21.1 Å². The fourth-order valence-corrected chi connectivity index (χ4v) is 4.58. The summed E-state index contributed by atoms with van der Waals surface area (Å²) in [4.78, 5) is 19.9. The summed E-state index contributed by atoms with van der Waals surface area (Å²) >= 11 is 6.05. The summed E-state index contributed by atoms with van der Waals surface area (Å²) < 4.78 is 5.79. The van der Waals surface area contributed by atoms with Crippen molar-refractivity contribution in [3.05, 3.63) is 111 Å². The number of amides is 2. The first kappa shape index (κ1) is 23.8. The number of benzene rings is 3. The Kier molecular flexibility index (Phi) is 6.37. The summed E-state index contributed by atoms with van der Waals surface area (Å²) in [5.41, 5.74) is 7.84. The molecule has 0 saturated heterocycles. The van der Waals surface area contributed by atoms with E-state index >= 15 is 0 Å². The van der Waals surface area contributed by atoms with E-state index in [1.807, 2.05) is 56.3 Å². The van der Waals surface area contributed by atoms with Crippen molar-refractivity contribution in [1.29, 1.82) is 0 Å². The monoisotopic (exact) mass is 498 g/mol. The summed E-state index contributed by atoms with van der Waals surface area (Å²) in [7, 11) is 0. The van der Waals surface area contributed by atoms with Gasteiger partial charge in [-0.05, 0) is 79.8 Å². The number of aryl methyl sites for hydroxylation is 3. The van der Waals surface area contributed by atoms with Crippen LogP contribution >= 0.6 is 11.6 Å². The average molecular weight is 499 g/mol. The van der Waals surface area contributed by atoms with Gasteiger partial charge >= 0.3 is 6.03 Å². The highest BCUT2D eigenvalue weighted by molar-refractivity contribution is 6.30. The number of aromatic nitrogens is 2. The zero-order valence-corrected chi connectivity index (χ0v) is 21.4. The molecule has 1 N–H and O–H groups in total. The van der Waals surface area contributed by atoms with E-state index in [2.05, 4.69) is 36.5 Å². The quantitative estimate of drug-likeness (QED) is 0.321. The molecule has 0 aliphatic carbocycles. The fraction of sp³-hybridized carbons (Fsp3) is 0.207. The van der Waals surface area contributed by atoms with Gasteiger partial charge in [0.1, 0.15) is 0 Å². The first-order valence-corrected chi connectivity index (χ1v) is 12.2. The number of nitrogens with zero attached hydrogens (tertiary/aromatic N) is 3. The minimum atomic E-state index is -0.427. The highest BCUT2D eigenvalue weighted by Gasteiger charge is 2.36. The van der Waals surface area contributed by atoms with Gasteiger partial charge in [0, 0.05) is 16.3 Å². The number of hydrogen-bond donors (Lipinski definition) is 1. The van der Waals surface area contributed by atoms with Crippen LogP contribution in [0.5, 0.6) is 0 Å². The Morgan fingerprint density at radius 3 is 2.42 bits per heavy atom. The van der Waals surface area contributed by atoms with E-state index in [1.54, 1.807) is 17.0 Å². The molecule has 1 aliphatic heterocycles. The Bertz CT molecular complexity index is 1470. The van der Waals surface area contributed by atoms with E-state index in [-0.39, 0.29) is 6.03 Å². The van der Waals surface area contributed by atoms with Crippen LogP contribution in [0.2, 0.25) is 5.02 Å².